The summed E-state index contributed by atoms with van der Waals surface area (Å²) in [4.78, 5) is 0. The molecule has 1 aliphatic carbocycles. The average Bonchev–Trinajstić information content (AvgIpc) is 2.77. The highest BCUT2D eigenvalue weighted by atomic mass is 19.4. The van der Waals surface area contributed by atoms with Gasteiger partial charge in [-0.2, -0.15) is 0 Å². The minimum Gasteiger partial charge on any atom is -0.406 e. The van der Waals surface area contributed by atoms with Gasteiger partial charge in [0.25, 0.3) is 0 Å². The van der Waals surface area contributed by atoms with Crippen LogP contribution in [0.25, 0.3) is 11.1 Å². The Morgan fingerprint density at radius 3 is 2.09 bits per heavy atom. The predicted octanol–water partition coefficient (Wildman–Crippen LogP) is 7.50. The van der Waals surface area contributed by atoms with Crippen LogP contribution >= 0.6 is 0 Å². The molecule has 0 spiro atoms. The summed E-state index contributed by atoms with van der Waals surface area (Å²) in [6.07, 6.45) is -2.99. The minimum absolute atomic E-state index is 0.0246. The van der Waals surface area contributed by atoms with Crippen molar-refractivity contribution >= 4 is 0 Å². The van der Waals surface area contributed by atoms with Crippen LogP contribution in [0.3, 0.4) is 0 Å². The van der Waals surface area contributed by atoms with E-state index in [2.05, 4.69) is 4.74 Å². The van der Waals surface area contributed by atoms with Crippen molar-refractivity contribution in [3.8, 4) is 16.9 Å². The molecule has 0 saturated heterocycles. The summed E-state index contributed by atoms with van der Waals surface area (Å²) in [5.74, 6) is -3.90. The van der Waals surface area contributed by atoms with E-state index in [0.717, 1.165) is 36.2 Å². The molecule has 4 rings (SSSR count). The van der Waals surface area contributed by atoms with E-state index in [4.69, 9.17) is 0 Å². The monoisotopic (exact) mass is 450 g/mol. The van der Waals surface area contributed by atoms with Gasteiger partial charge in [-0.3, -0.25) is 0 Å². The summed E-state index contributed by atoms with van der Waals surface area (Å²) in [5.41, 5.74) is 1.67. The quantitative estimate of drug-likeness (QED) is 0.295. The first-order valence-corrected chi connectivity index (χ1v) is 10.3. The van der Waals surface area contributed by atoms with E-state index in [9.17, 15) is 17.6 Å². The van der Waals surface area contributed by atoms with Crippen LogP contribution in [0.5, 0.6) is 5.75 Å². The summed E-state index contributed by atoms with van der Waals surface area (Å²) in [6.45, 7) is 2.04. The number of hydrogen-bond donors (Lipinski definition) is 0. The molecule has 1 nitrogen and oxygen atoms in total. The van der Waals surface area contributed by atoms with Crippen molar-refractivity contribution < 1.29 is 31.1 Å². The van der Waals surface area contributed by atoms with Crippen LogP contribution in [-0.2, 0) is 19.3 Å². The van der Waals surface area contributed by atoms with Gasteiger partial charge in [-0.1, -0.05) is 43.3 Å². The Morgan fingerprint density at radius 1 is 0.844 bits per heavy atom. The van der Waals surface area contributed by atoms with Crippen molar-refractivity contribution in [3.05, 3.63) is 88.2 Å². The van der Waals surface area contributed by atoms with Crippen molar-refractivity contribution in [2.24, 2.45) is 0 Å². The molecule has 0 radical (unpaired) electrons. The molecule has 0 saturated carbocycles. The Morgan fingerprint density at radius 2 is 1.50 bits per heavy atom. The molecule has 0 heterocycles. The SMILES string of the molecule is CCc1ccc(C2CCc3c(F)c(-c4ccc(OC(F)(F)F)cc4)c(F)c(F)c3C2)cc1. The van der Waals surface area contributed by atoms with Crippen LogP contribution in [0.15, 0.2) is 48.5 Å². The maximum Gasteiger partial charge on any atom is 0.573 e. The number of fused-ring (bicyclic) bond motifs is 1. The van der Waals surface area contributed by atoms with Gasteiger partial charge >= 0.3 is 6.36 Å². The molecule has 1 atom stereocenters. The molecule has 0 amide bonds. The summed E-state index contributed by atoms with van der Waals surface area (Å²) in [7, 11) is 0. The molecular weight excluding hydrogens is 430 g/mol. The van der Waals surface area contributed by atoms with E-state index in [1.807, 2.05) is 31.2 Å². The molecule has 1 aliphatic rings. The highest BCUT2D eigenvalue weighted by molar-refractivity contribution is 5.68. The van der Waals surface area contributed by atoms with Crippen LogP contribution in [0.4, 0.5) is 26.3 Å². The fourth-order valence-electron chi connectivity index (χ4n) is 4.28. The molecule has 7 heteroatoms. The lowest BCUT2D eigenvalue weighted by atomic mass is 9.78. The second-order valence-corrected chi connectivity index (χ2v) is 7.88. The molecule has 168 valence electrons. The number of alkyl halides is 3. The van der Waals surface area contributed by atoms with Crippen LogP contribution < -0.4 is 4.74 Å². The smallest absolute Gasteiger partial charge is 0.406 e. The van der Waals surface area contributed by atoms with Gasteiger partial charge < -0.3 is 4.74 Å². The van der Waals surface area contributed by atoms with E-state index in [1.165, 1.54) is 5.56 Å². The number of benzene rings is 3. The van der Waals surface area contributed by atoms with Gasteiger partial charge in [0.2, 0.25) is 0 Å². The summed E-state index contributed by atoms with van der Waals surface area (Å²) >= 11 is 0. The Kier molecular flexibility index (Phi) is 5.93. The predicted molar refractivity (Wildman–Crippen MR) is 109 cm³/mol. The van der Waals surface area contributed by atoms with Gasteiger partial charge in [0.1, 0.15) is 11.6 Å². The third-order valence-electron chi connectivity index (χ3n) is 5.96. The third kappa shape index (κ3) is 4.33. The topological polar surface area (TPSA) is 9.23 Å². The second kappa shape index (κ2) is 8.52. The van der Waals surface area contributed by atoms with Crippen molar-refractivity contribution in [3.63, 3.8) is 0 Å². The highest BCUT2D eigenvalue weighted by Gasteiger charge is 2.32. The number of aryl methyl sites for hydroxylation is 1. The molecule has 0 aromatic heterocycles. The van der Waals surface area contributed by atoms with Crippen molar-refractivity contribution in [1.29, 1.82) is 0 Å². The lowest BCUT2D eigenvalue weighted by Crippen LogP contribution is -2.18. The zero-order chi connectivity index (χ0) is 23.0. The Bertz CT molecular complexity index is 1120. The summed E-state index contributed by atoms with van der Waals surface area (Å²) in [5, 5.41) is 0. The van der Waals surface area contributed by atoms with Gasteiger partial charge in [0.05, 0.1) is 5.56 Å². The van der Waals surface area contributed by atoms with Gasteiger partial charge in [0, 0.05) is 0 Å². The van der Waals surface area contributed by atoms with Crippen LogP contribution in [0.1, 0.15) is 41.5 Å². The van der Waals surface area contributed by atoms with Crippen molar-refractivity contribution in [1.82, 2.24) is 0 Å². The van der Waals surface area contributed by atoms with Gasteiger partial charge in [-0.25, -0.2) is 13.2 Å². The number of ether oxygens (including phenoxy) is 1. The maximum absolute atomic E-state index is 15.3. The van der Waals surface area contributed by atoms with Gasteiger partial charge in [-0.05, 0) is 71.6 Å². The first-order chi connectivity index (χ1) is 15.2. The fraction of sp³-hybridized carbons (Fsp3) is 0.280. The standard InChI is InChI=1S/C25H20F6O/c1-2-14-3-5-15(6-4-14)17-9-12-19-20(13-17)23(27)24(28)21(22(19)26)16-7-10-18(11-8-16)32-25(29,30)31/h3-8,10-11,17H,2,9,12-13H2,1H3. The van der Waals surface area contributed by atoms with Crippen molar-refractivity contribution in [2.75, 3.05) is 0 Å². The average molecular weight is 450 g/mol. The molecular formula is C25H20F6O. The van der Waals surface area contributed by atoms with Crippen LogP contribution in [0.2, 0.25) is 0 Å². The van der Waals surface area contributed by atoms with E-state index in [-0.39, 0.29) is 35.4 Å². The van der Waals surface area contributed by atoms with Crippen LogP contribution in [-0.4, -0.2) is 6.36 Å². The number of halogens is 6. The van der Waals surface area contributed by atoms with Gasteiger partial charge in [-0.15, -0.1) is 13.2 Å². The Labute approximate surface area is 181 Å². The Balaban J connectivity index is 1.67. The largest absolute Gasteiger partial charge is 0.573 e. The number of rotatable bonds is 4. The normalized spacial score (nSPS) is 16.0. The molecule has 0 bridgehead atoms. The van der Waals surface area contributed by atoms with E-state index >= 15 is 8.78 Å². The van der Waals surface area contributed by atoms with E-state index in [1.54, 1.807) is 0 Å². The van der Waals surface area contributed by atoms with Crippen molar-refractivity contribution in [2.45, 2.75) is 44.9 Å². The zero-order valence-corrected chi connectivity index (χ0v) is 17.2. The second-order valence-electron chi connectivity index (χ2n) is 7.88. The van der Waals surface area contributed by atoms with Crippen LogP contribution in [0, 0.1) is 17.5 Å². The minimum atomic E-state index is -4.89. The summed E-state index contributed by atoms with van der Waals surface area (Å²) < 4.78 is 86.0. The Hall–Kier alpha value is -2.96. The number of hydrogen-bond acceptors (Lipinski definition) is 1. The van der Waals surface area contributed by atoms with Gasteiger partial charge in [0.15, 0.2) is 11.6 Å². The molecule has 3 aromatic carbocycles. The first-order valence-electron chi connectivity index (χ1n) is 10.3. The molecule has 32 heavy (non-hydrogen) atoms. The maximum atomic E-state index is 15.3. The molecule has 0 aliphatic heterocycles. The zero-order valence-electron chi connectivity index (χ0n) is 17.2. The lowest BCUT2D eigenvalue weighted by Gasteiger charge is -2.27. The molecule has 0 N–H and O–H groups in total. The first kappa shape index (κ1) is 22.2. The van der Waals surface area contributed by atoms with E-state index < -0.39 is 35.1 Å². The summed E-state index contributed by atoms with van der Waals surface area (Å²) in [6, 6.07) is 12.0. The van der Waals surface area contributed by atoms with E-state index in [0.29, 0.717) is 6.42 Å². The molecule has 3 aromatic rings. The molecule has 1 unspecified atom stereocenters. The third-order valence-corrected chi connectivity index (χ3v) is 5.96. The molecule has 0 fully saturated rings. The highest BCUT2D eigenvalue weighted by Crippen LogP contribution is 2.40. The fourth-order valence-corrected chi connectivity index (χ4v) is 4.28. The lowest BCUT2D eigenvalue weighted by molar-refractivity contribution is -0.274.